The van der Waals surface area contributed by atoms with E-state index in [0.717, 1.165) is 55.4 Å². The number of piperazine rings is 1. The first-order valence-corrected chi connectivity index (χ1v) is 9.65. The van der Waals surface area contributed by atoms with Crippen molar-refractivity contribution in [3.05, 3.63) is 40.7 Å². The van der Waals surface area contributed by atoms with Gasteiger partial charge in [-0.3, -0.25) is 9.88 Å². The number of nitrogens with zero attached hydrogens (tertiary/aromatic N) is 4. The molecule has 0 bridgehead atoms. The average molecular weight is 396 g/mol. The predicted octanol–water partition coefficient (Wildman–Crippen LogP) is 2.92. The largest absolute Gasteiger partial charge is 0.493 e. The van der Waals surface area contributed by atoms with Crippen molar-refractivity contribution in [3.8, 4) is 23.3 Å². The van der Waals surface area contributed by atoms with Gasteiger partial charge >= 0.3 is 0 Å². The van der Waals surface area contributed by atoms with Crippen LogP contribution in [0.15, 0.2) is 18.2 Å². The highest BCUT2D eigenvalue weighted by Gasteiger charge is 2.23. The molecule has 1 fully saturated rings. The molecule has 7 nitrogen and oxygen atoms in total. The number of rotatable bonds is 6. The average Bonchev–Trinajstić information content (AvgIpc) is 2.73. The summed E-state index contributed by atoms with van der Waals surface area (Å²) < 4.78 is 16.5. The highest BCUT2D eigenvalue weighted by Crippen LogP contribution is 2.40. The monoisotopic (exact) mass is 396 g/mol. The highest BCUT2D eigenvalue weighted by atomic mass is 16.5. The summed E-state index contributed by atoms with van der Waals surface area (Å²) in [5, 5.41) is 9.55. The number of nitriles is 1. The first-order chi connectivity index (χ1) is 14.0. The Bertz CT molecular complexity index is 915. The third-order valence-corrected chi connectivity index (χ3v) is 5.31. The van der Waals surface area contributed by atoms with E-state index in [0.29, 0.717) is 22.8 Å². The van der Waals surface area contributed by atoms with E-state index in [1.165, 1.54) is 0 Å². The molecular weight excluding hydrogens is 368 g/mol. The maximum Gasteiger partial charge on any atom is 0.203 e. The number of benzene rings is 1. The zero-order valence-corrected chi connectivity index (χ0v) is 17.8. The number of hydrogen-bond donors (Lipinski definition) is 0. The van der Waals surface area contributed by atoms with E-state index < -0.39 is 0 Å². The van der Waals surface area contributed by atoms with Crippen molar-refractivity contribution in [2.45, 2.75) is 20.4 Å². The maximum atomic E-state index is 9.55. The van der Waals surface area contributed by atoms with Gasteiger partial charge in [-0.15, -0.1) is 0 Å². The van der Waals surface area contributed by atoms with Crippen molar-refractivity contribution in [1.29, 1.82) is 5.26 Å². The van der Waals surface area contributed by atoms with E-state index in [-0.39, 0.29) is 0 Å². The predicted molar refractivity (Wildman–Crippen MR) is 112 cm³/mol. The summed E-state index contributed by atoms with van der Waals surface area (Å²) >= 11 is 0. The van der Waals surface area contributed by atoms with E-state index in [1.54, 1.807) is 21.3 Å². The molecule has 0 amide bonds. The van der Waals surface area contributed by atoms with Gasteiger partial charge in [-0.2, -0.15) is 5.26 Å². The van der Waals surface area contributed by atoms with Crippen LogP contribution >= 0.6 is 0 Å². The van der Waals surface area contributed by atoms with Gasteiger partial charge in [0, 0.05) is 44.0 Å². The molecule has 0 atom stereocenters. The number of aryl methyl sites for hydroxylation is 2. The summed E-state index contributed by atoms with van der Waals surface area (Å²) in [6.45, 7) is 8.12. The minimum atomic E-state index is 0.618. The molecule has 3 rings (SSSR count). The van der Waals surface area contributed by atoms with Gasteiger partial charge in [0.25, 0.3) is 0 Å². The Balaban J connectivity index is 1.74. The minimum absolute atomic E-state index is 0.618. The Hall–Kier alpha value is -2.98. The van der Waals surface area contributed by atoms with E-state index >= 15 is 0 Å². The molecule has 0 N–H and O–H groups in total. The van der Waals surface area contributed by atoms with Crippen molar-refractivity contribution >= 4 is 5.69 Å². The van der Waals surface area contributed by atoms with E-state index in [4.69, 9.17) is 14.2 Å². The lowest BCUT2D eigenvalue weighted by Gasteiger charge is -2.37. The lowest BCUT2D eigenvalue weighted by molar-refractivity contribution is 0.243. The third kappa shape index (κ3) is 4.22. The summed E-state index contributed by atoms with van der Waals surface area (Å²) in [6, 6.07) is 8.27. The van der Waals surface area contributed by atoms with Crippen LogP contribution in [0.5, 0.6) is 17.2 Å². The summed E-state index contributed by atoms with van der Waals surface area (Å²) in [5.74, 6) is 1.99. The standard InChI is InChI=1S/C22H28N4O3/c1-15-12-19(18(13-23)16(2)24-15)26-10-8-25(9-11-26)14-17-6-7-20(27-3)22(29-5)21(17)28-4/h6-7,12H,8-11,14H2,1-5H3. The summed E-state index contributed by atoms with van der Waals surface area (Å²) in [7, 11) is 4.89. The van der Waals surface area contributed by atoms with Crippen molar-refractivity contribution < 1.29 is 14.2 Å². The minimum Gasteiger partial charge on any atom is -0.493 e. The van der Waals surface area contributed by atoms with Crippen molar-refractivity contribution in [1.82, 2.24) is 9.88 Å². The maximum absolute atomic E-state index is 9.55. The quantitative estimate of drug-likeness (QED) is 0.743. The second-order valence-electron chi connectivity index (χ2n) is 7.11. The Kier molecular flexibility index (Phi) is 6.45. The topological polar surface area (TPSA) is 70.9 Å². The number of ether oxygens (including phenoxy) is 3. The van der Waals surface area contributed by atoms with E-state index in [2.05, 4.69) is 20.9 Å². The van der Waals surface area contributed by atoms with Crippen LogP contribution in [0.2, 0.25) is 0 Å². The molecule has 29 heavy (non-hydrogen) atoms. The molecule has 0 unspecified atom stereocenters. The van der Waals surface area contributed by atoms with Crippen LogP contribution in [-0.2, 0) is 6.54 Å². The van der Waals surface area contributed by atoms with E-state index in [9.17, 15) is 5.26 Å². The SMILES string of the molecule is COc1ccc(CN2CCN(c3cc(C)nc(C)c3C#N)CC2)c(OC)c1OC. The van der Waals surface area contributed by atoms with Gasteiger partial charge in [-0.25, -0.2) is 0 Å². The van der Waals surface area contributed by atoms with Gasteiger partial charge < -0.3 is 19.1 Å². The zero-order chi connectivity index (χ0) is 21.0. The fourth-order valence-electron chi connectivity index (χ4n) is 3.87. The summed E-state index contributed by atoms with van der Waals surface area (Å²) in [6.07, 6.45) is 0. The third-order valence-electron chi connectivity index (χ3n) is 5.31. The van der Waals surface area contributed by atoms with Crippen molar-refractivity contribution in [2.24, 2.45) is 0 Å². The molecular formula is C22H28N4O3. The Morgan fingerprint density at radius 2 is 1.69 bits per heavy atom. The molecule has 0 spiro atoms. The molecule has 2 heterocycles. The van der Waals surface area contributed by atoms with Crippen LogP contribution in [-0.4, -0.2) is 57.4 Å². The number of anilines is 1. The molecule has 1 saturated heterocycles. The van der Waals surface area contributed by atoms with Gasteiger partial charge in [0.2, 0.25) is 5.75 Å². The van der Waals surface area contributed by atoms with Crippen LogP contribution in [0.25, 0.3) is 0 Å². The van der Waals surface area contributed by atoms with Gasteiger partial charge in [0.05, 0.1) is 38.3 Å². The van der Waals surface area contributed by atoms with Gasteiger partial charge in [0.15, 0.2) is 11.5 Å². The van der Waals surface area contributed by atoms with Crippen molar-refractivity contribution in [2.75, 3.05) is 52.4 Å². The summed E-state index contributed by atoms with van der Waals surface area (Å²) in [4.78, 5) is 9.09. The van der Waals surface area contributed by atoms with Crippen LogP contribution in [0.4, 0.5) is 5.69 Å². The Labute approximate surface area is 172 Å². The second kappa shape index (κ2) is 9.01. The molecule has 7 heteroatoms. The number of methoxy groups -OCH3 is 3. The molecule has 1 aromatic carbocycles. The molecule has 0 radical (unpaired) electrons. The van der Waals surface area contributed by atoms with Gasteiger partial charge in [-0.05, 0) is 26.0 Å². The molecule has 0 saturated carbocycles. The van der Waals surface area contributed by atoms with Crippen LogP contribution in [0.3, 0.4) is 0 Å². The van der Waals surface area contributed by atoms with Crippen molar-refractivity contribution in [3.63, 3.8) is 0 Å². The first kappa shape index (κ1) is 20.7. The number of pyridine rings is 1. The zero-order valence-electron chi connectivity index (χ0n) is 17.8. The Morgan fingerprint density at radius 3 is 2.28 bits per heavy atom. The first-order valence-electron chi connectivity index (χ1n) is 9.65. The smallest absolute Gasteiger partial charge is 0.203 e. The number of hydrogen-bond acceptors (Lipinski definition) is 7. The van der Waals surface area contributed by atoms with Crippen LogP contribution in [0, 0.1) is 25.2 Å². The molecule has 1 aliphatic rings. The fourth-order valence-corrected chi connectivity index (χ4v) is 3.87. The molecule has 1 aliphatic heterocycles. The van der Waals surface area contributed by atoms with Gasteiger partial charge in [0.1, 0.15) is 6.07 Å². The summed E-state index contributed by atoms with van der Waals surface area (Å²) in [5.41, 5.74) is 4.45. The number of aromatic nitrogens is 1. The molecule has 1 aromatic heterocycles. The fraction of sp³-hybridized carbons (Fsp3) is 0.455. The normalized spacial score (nSPS) is 14.4. The Morgan fingerprint density at radius 1 is 1.00 bits per heavy atom. The van der Waals surface area contributed by atoms with Gasteiger partial charge in [-0.1, -0.05) is 6.07 Å². The van der Waals surface area contributed by atoms with E-state index in [1.807, 2.05) is 32.0 Å². The second-order valence-corrected chi connectivity index (χ2v) is 7.11. The lowest BCUT2D eigenvalue weighted by atomic mass is 10.1. The van der Waals surface area contributed by atoms with Crippen LogP contribution in [0.1, 0.15) is 22.5 Å². The molecule has 2 aromatic rings. The molecule has 0 aliphatic carbocycles. The van der Waals surface area contributed by atoms with Crippen LogP contribution < -0.4 is 19.1 Å². The highest BCUT2D eigenvalue weighted by molar-refractivity contribution is 5.62. The molecule has 154 valence electrons. The lowest BCUT2D eigenvalue weighted by Crippen LogP contribution is -2.46.